The lowest BCUT2D eigenvalue weighted by Gasteiger charge is -2.43. The molecule has 0 radical (unpaired) electrons. The van der Waals surface area contributed by atoms with Crippen molar-refractivity contribution in [2.75, 3.05) is 39.6 Å². The van der Waals surface area contributed by atoms with Crippen LogP contribution in [0.25, 0.3) is 0 Å². The summed E-state index contributed by atoms with van der Waals surface area (Å²) >= 11 is 0. The molecule has 0 bridgehead atoms. The van der Waals surface area contributed by atoms with Crippen molar-refractivity contribution in [3.05, 3.63) is 28.8 Å². The highest BCUT2D eigenvalue weighted by Crippen LogP contribution is 2.32. The fourth-order valence-electron chi connectivity index (χ4n) is 3.56. The number of ether oxygens (including phenoxy) is 3. The molecule has 2 aliphatic rings. The minimum Gasteiger partial charge on any atom is -0.481 e. The van der Waals surface area contributed by atoms with Crippen molar-refractivity contribution in [2.45, 2.75) is 25.8 Å². The van der Waals surface area contributed by atoms with Gasteiger partial charge in [-0.2, -0.15) is 0 Å². The molecule has 0 aliphatic carbocycles. The number of aryl methyl sites for hydroxylation is 2. The molecule has 2 aliphatic heterocycles. The van der Waals surface area contributed by atoms with Crippen LogP contribution >= 0.6 is 0 Å². The van der Waals surface area contributed by atoms with Crippen LogP contribution in [0.4, 0.5) is 0 Å². The topological polar surface area (TPSA) is 85.3 Å². The second-order valence-electron chi connectivity index (χ2n) is 6.66. The van der Waals surface area contributed by atoms with E-state index in [4.69, 9.17) is 19.3 Å². The van der Waals surface area contributed by atoms with Gasteiger partial charge in [0.05, 0.1) is 25.4 Å². The maximum Gasteiger partial charge on any atom is 0.341 e. The number of rotatable bonds is 4. The number of hydrogen-bond acceptors (Lipinski definition) is 5. The molecule has 25 heavy (non-hydrogen) atoms. The van der Waals surface area contributed by atoms with Crippen LogP contribution < -0.4 is 4.74 Å². The standard InChI is InChI=1S/C18H23NO6/c1-12-7-14(8-13(2)16(12)25-9-15(20)21)17(22)19-4-6-24-11-18(19)3-5-23-10-18/h7-8H,3-6,9-11H2,1-2H3,(H,20,21)/t18-/m1/s1. The molecule has 0 saturated carbocycles. The van der Waals surface area contributed by atoms with E-state index >= 15 is 0 Å². The molecule has 2 heterocycles. The van der Waals surface area contributed by atoms with E-state index in [2.05, 4.69) is 0 Å². The van der Waals surface area contributed by atoms with Crippen molar-refractivity contribution in [1.82, 2.24) is 4.90 Å². The number of morpholine rings is 1. The molecule has 2 saturated heterocycles. The fraction of sp³-hybridized carbons (Fsp3) is 0.556. The maximum atomic E-state index is 13.1. The Morgan fingerprint density at radius 3 is 2.44 bits per heavy atom. The first-order valence-corrected chi connectivity index (χ1v) is 8.36. The van der Waals surface area contributed by atoms with Crippen LogP contribution in [0.1, 0.15) is 27.9 Å². The predicted molar refractivity (Wildman–Crippen MR) is 89.1 cm³/mol. The normalized spacial score (nSPS) is 23.0. The third kappa shape index (κ3) is 3.48. The molecule has 7 nitrogen and oxygen atoms in total. The molecule has 2 fully saturated rings. The largest absolute Gasteiger partial charge is 0.481 e. The number of benzene rings is 1. The average Bonchev–Trinajstić information content (AvgIpc) is 3.02. The van der Waals surface area contributed by atoms with Crippen LogP contribution in [0, 0.1) is 13.8 Å². The summed E-state index contributed by atoms with van der Waals surface area (Å²) in [4.78, 5) is 25.7. The lowest BCUT2D eigenvalue weighted by molar-refractivity contribution is -0.139. The monoisotopic (exact) mass is 349 g/mol. The average molecular weight is 349 g/mol. The molecule has 1 amide bonds. The van der Waals surface area contributed by atoms with Gasteiger partial charge in [-0.05, 0) is 43.5 Å². The molecule has 1 N–H and O–H groups in total. The van der Waals surface area contributed by atoms with E-state index in [1.54, 1.807) is 12.1 Å². The fourth-order valence-corrected chi connectivity index (χ4v) is 3.56. The van der Waals surface area contributed by atoms with E-state index in [0.29, 0.717) is 44.3 Å². The third-order valence-corrected chi connectivity index (χ3v) is 4.78. The Balaban J connectivity index is 1.85. The van der Waals surface area contributed by atoms with Crippen molar-refractivity contribution >= 4 is 11.9 Å². The van der Waals surface area contributed by atoms with Gasteiger partial charge in [-0.3, -0.25) is 4.79 Å². The Labute approximate surface area is 146 Å². The zero-order valence-corrected chi connectivity index (χ0v) is 14.5. The molecule has 7 heteroatoms. The Morgan fingerprint density at radius 1 is 1.20 bits per heavy atom. The van der Waals surface area contributed by atoms with Crippen LogP contribution in [-0.2, 0) is 14.3 Å². The van der Waals surface area contributed by atoms with Crippen molar-refractivity contribution in [1.29, 1.82) is 0 Å². The van der Waals surface area contributed by atoms with E-state index in [0.717, 1.165) is 17.5 Å². The van der Waals surface area contributed by atoms with Crippen molar-refractivity contribution in [3.8, 4) is 5.75 Å². The summed E-state index contributed by atoms with van der Waals surface area (Å²) in [5.74, 6) is -0.569. The molecule has 1 atom stereocenters. The highest BCUT2D eigenvalue weighted by atomic mass is 16.5. The molecule has 0 aromatic heterocycles. The van der Waals surface area contributed by atoms with Gasteiger partial charge in [-0.25, -0.2) is 4.79 Å². The lowest BCUT2D eigenvalue weighted by Crippen LogP contribution is -2.59. The SMILES string of the molecule is Cc1cc(C(=O)N2CCOC[C@]23CCOC3)cc(C)c1OCC(=O)O. The van der Waals surface area contributed by atoms with Gasteiger partial charge >= 0.3 is 5.97 Å². The highest BCUT2D eigenvalue weighted by Gasteiger charge is 2.45. The van der Waals surface area contributed by atoms with Gasteiger partial charge in [-0.15, -0.1) is 0 Å². The molecule has 1 spiro atoms. The van der Waals surface area contributed by atoms with Gasteiger partial charge in [0.1, 0.15) is 5.75 Å². The van der Waals surface area contributed by atoms with Crippen LogP contribution in [0.2, 0.25) is 0 Å². The zero-order valence-electron chi connectivity index (χ0n) is 14.5. The van der Waals surface area contributed by atoms with E-state index < -0.39 is 12.6 Å². The molecular formula is C18H23NO6. The van der Waals surface area contributed by atoms with Gasteiger partial charge in [0.15, 0.2) is 6.61 Å². The summed E-state index contributed by atoms with van der Waals surface area (Å²) in [6, 6.07) is 3.51. The molecule has 136 valence electrons. The number of aliphatic carboxylic acids is 1. The number of nitrogens with zero attached hydrogens (tertiary/aromatic N) is 1. The number of carbonyl (C=O) groups excluding carboxylic acids is 1. The smallest absolute Gasteiger partial charge is 0.341 e. The van der Waals surface area contributed by atoms with Gasteiger partial charge in [0.25, 0.3) is 5.91 Å². The van der Waals surface area contributed by atoms with E-state index in [1.807, 2.05) is 18.7 Å². The molecule has 3 rings (SSSR count). The van der Waals surface area contributed by atoms with Crippen LogP contribution in [0.3, 0.4) is 0 Å². The van der Waals surface area contributed by atoms with Crippen LogP contribution in [0.15, 0.2) is 12.1 Å². The van der Waals surface area contributed by atoms with E-state index in [-0.39, 0.29) is 11.4 Å². The van der Waals surface area contributed by atoms with Gasteiger partial charge < -0.3 is 24.2 Å². The summed E-state index contributed by atoms with van der Waals surface area (Å²) in [6.45, 7) is 5.91. The van der Waals surface area contributed by atoms with Crippen LogP contribution in [-0.4, -0.2) is 67.0 Å². The number of carboxylic acid groups (broad SMARTS) is 1. The summed E-state index contributed by atoms with van der Waals surface area (Å²) in [5.41, 5.74) is 1.69. The number of carbonyl (C=O) groups is 2. The predicted octanol–water partition coefficient (Wildman–Crippen LogP) is 1.40. The van der Waals surface area contributed by atoms with E-state index in [9.17, 15) is 9.59 Å². The Morgan fingerprint density at radius 2 is 1.84 bits per heavy atom. The molecule has 1 aromatic carbocycles. The third-order valence-electron chi connectivity index (χ3n) is 4.78. The molecule has 1 aromatic rings. The second-order valence-corrected chi connectivity index (χ2v) is 6.66. The first kappa shape index (κ1) is 17.7. The van der Waals surface area contributed by atoms with Crippen LogP contribution in [0.5, 0.6) is 5.75 Å². The lowest BCUT2D eigenvalue weighted by atomic mass is 9.94. The molecular weight excluding hydrogens is 326 g/mol. The Hall–Kier alpha value is -2.12. The first-order valence-electron chi connectivity index (χ1n) is 8.36. The number of amides is 1. The Bertz CT molecular complexity index is 657. The van der Waals surface area contributed by atoms with Crippen molar-refractivity contribution in [2.24, 2.45) is 0 Å². The summed E-state index contributed by atoms with van der Waals surface area (Å²) in [7, 11) is 0. The van der Waals surface area contributed by atoms with Crippen molar-refractivity contribution in [3.63, 3.8) is 0 Å². The maximum absolute atomic E-state index is 13.1. The van der Waals surface area contributed by atoms with E-state index in [1.165, 1.54) is 0 Å². The van der Waals surface area contributed by atoms with Crippen molar-refractivity contribution < 1.29 is 28.9 Å². The minimum absolute atomic E-state index is 0.0511. The number of hydrogen-bond donors (Lipinski definition) is 1. The van der Waals surface area contributed by atoms with Gasteiger partial charge in [-0.1, -0.05) is 0 Å². The zero-order chi connectivity index (χ0) is 18.0. The van der Waals surface area contributed by atoms with Gasteiger partial charge in [0, 0.05) is 18.7 Å². The minimum atomic E-state index is -1.03. The summed E-state index contributed by atoms with van der Waals surface area (Å²) in [5, 5.41) is 8.78. The quantitative estimate of drug-likeness (QED) is 0.884. The second kappa shape index (κ2) is 7.01. The van der Waals surface area contributed by atoms with Gasteiger partial charge in [0.2, 0.25) is 0 Å². The summed E-state index contributed by atoms with van der Waals surface area (Å²) in [6.07, 6.45) is 0.774. The molecule has 0 unspecified atom stereocenters. The first-order chi connectivity index (χ1) is 11.9. The highest BCUT2D eigenvalue weighted by molar-refractivity contribution is 5.95. The summed E-state index contributed by atoms with van der Waals surface area (Å²) < 4.78 is 16.5. The number of carboxylic acids is 1. The Kier molecular flexibility index (Phi) is 4.96.